The van der Waals surface area contributed by atoms with Crippen molar-refractivity contribution in [1.82, 2.24) is 27.4 Å². The Balaban J connectivity index is 0.0000000988. The third-order valence-electron chi connectivity index (χ3n) is 25.9. The van der Waals surface area contributed by atoms with Crippen molar-refractivity contribution in [2.45, 2.75) is 27.7 Å². The van der Waals surface area contributed by atoms with Crippen molar-refractivity contribution < 1.29 is 0 Å². The highest BCUT2D eigenvalue weighted by Crippen LogP contribution is 2.45. The van der Waals surface area contributed by atoms with Crippen molar-refractivity contribution in [3.8, 4) is 78.6 Å². The monoisotopic (exact) mass is 1660 g/mol. The number of aryl methyl sites for hydroxylation is 4. The molecule has 0 N–H and O–H groups in total. The van der Waals surface area contributed by atoms with Gasteiger partial charge in [0.15, 0.2) is 0 Å². The summed E-state index contributed by atoms with van der Waals surface area (Å²) in [6.07, 6.45) is 0. The van der Waals surface area contributed by atoms with Gasteiger partial charge in [-0.3, -0.25) is 0 Å². The Morgan fingerprint density at radius 2 is 0.308 bits per heavy atom. The summed E-state index contributed by atoms with van der Waals surface area (Å²) in [7, 11) is 0. The lowest BCUT2D eigenvalue weighted by Crippen LogP contribution is -1.96. The van der Waals surface area contributed by atoms with Gasteiger partial charge in [-0.2, -0.15) is 0 Å². The molecule has 130 heavy (non-hydrogen) atoms. The van der Waals surface area contributed by atoms with Gasteiger partial charge in [0.25, 0.3) is 0 Å². The van der Waals surface area contributed by atoms with Crippen LogP contribution >= 0.6 is 0 Å². The molecule has 0 bridgehead atoms. The van der Waals surface area contributed by atoms with Crippen LogP contribution in [0.25, 0.3) is 209 Å². The van der Waals surface area contributed by atoms with E-state index in [4.69, 9.17) is 0 Å². The van der Waals surface area contributed by atoms with E-state index < -0.39 is 0 Å². The topological polar surface area (TPSA) is 29.6 Å². The minimum atomic E-state index is 1.18. The zero-order chi connectivity index (χ0) is 86.9. The van der Waals surface area contributed by atoms with Crippen molar-refractivity contribution in [2.75, 3.05) is 0 Å². The molecule has 0 aliphatic heterocycles. The highest BCUT2D eigenvalue weighted by Gasteiger charge is 2.24. The van der Waals surface area contributed by atoms with Gasteiger partial charge in [-0.15, -0.1) is 0 Å². The Labute approximate surface area is 754 Å². The molecule has 6 nitrogen and oxygen atoms in total. The third-order valence-corrected chi connectivity index (χ3v) is 25.9. The van der Waals surface area contributed by atoms with E-state index in [0.717, 1.165) is 0 Å². The molecule has 26 rings (SSSR count). The van der Waals surface area contributed by atoms with Crippen LogP contribution in [0.3, 0.4) is 0 Å². The third kappa shape index (κ3) is 13.9. The van der Waals surface area contributed by atoms with E-state index in [-0.39, 0.29) is 0 Å². The maximum atomic E-state index is 2.41. The van der Waals surface area contributed by atoms with Crippen molar-refractivity contribution in [3.05, 3.63) is 495 Å². The Hall–Kier alpha value is -16.8. The Bertz CT molecular complexity index is 8640. The molecule has 6 heterocycles. The van der Waals surface area contributed by atoms with Gasteiger partial charge in [0, 0.05) is 98.8 Å². The lowest BCUT2D eigenvalue weighted by atomic mass is 9.98. The lowest BCUT2D eigenvalue weighted by molar-refractivity contribution is 1.16. The standard InChI is InChI=1S/2C31H22N2.2C31H23N/c1-21-16-17-29-25(18-21)27-20-30-26(19-31(27)33(29)23-12-6-3-7-13-23)24-14-8-9-15-28(24)32(30)22-10-4-2-5-11-22;1-21-16-17-29-25(18-21)27-19-26-24-14-8-9-15-28(24)32(22-10-4-2-5-11-22)30(26)20-31(27)33(29)23-12-6-3-7-13-23;1-22-16-17-31-29(18-22)28-14-8-9-15-30(28)32(31)27-20-25(23-10-4-2-5-11-23)19-26(21-27)24-12-6-3-7-13-24;1-22-16-17-29-28-14-8-9-15-30(28)32(31(29)18-22)27-20-25(23-10-4-2-5-11-23)19-26(21-27)24-12-6-3-7-13-24/h2*2-20H,1H3;2*2-21H,1H3. The van der Waals surface area contributed by atoms with Crippen LogP contribution in [0.4, 0.5) is 0 Å². The number of benzene rings is 20. The second kappa shape index (κ2) is 32.9. The molecule has 6 heteroatoms. The van der Waals surface area contributed by atoms with E-state index in [1.807, 2.05) is 0 Å². The highest BCUT2D eigenvalue weighted by molar-refractivity contribution is 6.21. The SMILES string of the molecule is Cc1ccc2c(c1)c1cc3c(cc1n2-c1ccccc1)c1ccccc1n3-c1ccccc1.Cc1ccc2c(c1)c1cc3c4ccccc4n(-c4ccccc4)c3cc1n2-c1ccccc1.Cc1ccc2c(c1)c1ccccc1n2-c1cc(-c2ccccc2)cc(-c2ccccc2)c1.Cc1ccc2c3ccccc3n(-c3cc(-c4ccccc4)cc(-c4ccccc4)c3)c2c1. The van der Waals surface area contributed by atoms with Crippen LogP contribution in [-0.2, 0) is 0 Å². The van der Waals surface area contributed by atoms with Gasteiger partial charge >= 0.3 is 0 Å². The van der Waals surface area contributed by atoms with E-state index in [2.05, 4.69) is 528 Å². The number of nitrogens with zero attached hydrogens (tertiary/aromatic N) is 6. The largest absolute Gasteiger partial charge is 0.309 e. The molecule has 0 aliphatic carbocycles. The maximum absolute atomic E-state index is 2.41. The summed E-state index contributed by atoms with van der Waals surface area (Å²) in [4.78, 5) is 0. The summed E-state index contributed by atoms with van der Waals surface area (Å²) in [5, 5.41) is 15.5. The number of hydrogen-bond donors (Lipinski definition) is 0. The van der Waals surface area contributed by atoms with Gasteiger partial charge in [-0.25, -0.2) is 0 Å². The molecule has 616 valence electrons. The minimum Gasteiger partial charge on any atom is -0.309 e. The first-order chi connectivity index (χ1) is 64.1. The molecule has 0 atom stereocenters. The summed E-state index contributed by atoms with van der Waals surface area (Å²) < 4.78 is 14.4. The predicted octanol–water partition coefficient (Wildman–Crippen LogP) is 33.2. The summed E-state index contributed by atoms with van der Waals surface area (Å²) >= 11 is 0. The molecule has 20 aromatic carbocycles. The van der Waals surface area contributed by atoms with Crippen LogP contribution in [0, 0.1) is 27.7 Å². The zero-order valence-corrected chi connectivity index (χ0v) is 72.7. The van der Waals surface area contributed by atoms with Crippen molar-refractivity contribution in [1.29, 1.82) is 0 Å². The lowest BCUT2D eigenvalue weighted by Gasteiger charge is -2.14. The molecule has 0 saturated heterocycles. The maximum Gasteiger partial charge on any atom is 0.0562 e. The first-order valence-corrected chi connectivity index (χ1v) is 44.8. The number of rotatable bonds is 10. The van der Waals surface area contributed by atoms with Crippen LogP contribution in [0.1, 0.15) is 22.3 Å². The van der Waals surface area contributed by atoms with Gasteiger partial charge in [-0.1, -0.05) is 314 Å². The van der Waals surface area contributed by atoms with Crippen molar-refractivity contribution >= 4 is 131 Å². The Morgan fingerprint density at radius 3 is 0.638 bits per heavy atom. The minimum absolute atomic E-state index is 1.18. The fourth-order valence-electron chi connectivity index (χ4n) is 20.0. The van der Waals surface area contributed by atoms with Crippen LogP contribution in [0.15, 0.2) is 473 Å². The smallest absolute Gasteiger partial charge is 0.0562 e. The van der Waals surface area contributed by atoms with E-state index in [9.17, 15) is 0 Å². The number of fused-ring (bicyclic) bond motifs is 18. The van der Waals surface area contributed by atoms with Crippen LogP contribution in [-0.4, -0.2) is 27.4 Å². The molecule has 0 spiro atoms. The fraction of sp³-hybridized carbons (Fsp3) is 0.0323. The Morgan fingerprint density at radius 1 is 0.108 bits per heavy atom. The predicted molar refractivity (Wildman–Crippen MR) is 552 cm³/mol. The van der Waals surface area contributed by atoms with Crippen molar-refractivity contribution in [3.63, 3.8) is 0 Å². The van der Waals surface area contributed by atoms with E-state index in [1.54, 1.807) is 0 Å². The normalized spacial score (nSPS) is 11.5. The average Bonchev–Trinajstić information content (AvgIpc) is 1.57. The molecule has 0 amide bonds. The van der Waals surface area contributed by atoms with Gasteiger partial charge in [0.1, 0.15) is 0 Å². The van der Waals surface area contributed by atoms with E-state index in [0.29, 0.717) is 0 Å². The number of para-hydroxylation sites is 8. The van der Waals surface area contributed by atoms with Crippen molar-refractivity contribution in [2.24, 2.45) is 0 Å². The first kappa shape index (κ1) is 78.0. The van der Waals surface area contributed by atoms with E-state index >= 15 is 0 Å². The zero-order valence-electron chi connectivity index (χ0n) is 72.7. The number of hydrogen-bond acceptors (Lipinski definition) is 0. The fourth-order valence-corrected chi connectivity index (χ4v) is 20.0. The second-order valence-corrected chi connectivity index (χ2v) is 34.3. The highest BCUT2D eigenvalue weighted by atomic mass is 15.0. The first-order valence-electron chi connectivity index (χ1n) is 44.8. The average molecular weight is 1660 g/mol. The quantitative estimate of drug-likeness (QED) is 0.131. The summed E-state index contributed by atoms with van der Waals surface area (Å²) in [5.74, 6) is 0. The molecular weight excluding hydrogens is 1570 g/mol. The molecule has 0 saturated carbocycles. The molecule has 0 aliphatic rings. The van der Waals surface area contributed by atoms with Gasteiger partial charge in [0.05, 0.1) is 66.2 Å². The van der Waals surface area contributed by atoms with Gasteiger partial charge < -0.3 is 27.4 Å². The van der Waals surface area contributed by atoms with Crippen LogP contribution in [0.5, 0.6) is 0 Å². The molecule has 6 aromatic heterocycles. The molecular formula is C124H90N6. The van der Waals surface area contributed by atoms with E-state index in [1.165, 1.54) is 232 Å². The van der Waals surface area contributed by atoms with Gasteiger partial charge in [0.2, 0.25) is 0 Å². The molecule has 26 aromatic rings. The molecule has 0 unspecified atom stereocenters. The summed E-state index contributed by atoms with van der Waals surface area (Å²) in [6.45, 7) is 8.67. The second-order valence-electron chi connectivity index (χ2n) is 34.3. The van der Waals surface area contributed by atoms with Gasteiger partial charge in [-0.05, 0) is 254 Å². The molecule has 0 radical (unpaired) electrons. The Kier molecular flexibility index (Phi) is 19.8. The summed E-state index contributed by atoms with van der Waals surface area (Å²) in [6, 6.07) is 171. The number of aromatic nitrogens is 6. The van der Waals surface area contributed by atoms with Crippen LogP contribution in [0.2, 0.25) is 0 Å². The summed E-state index contributed by atoms with van der Waals surface area (Å²) in [5.41, 5.74) is 36.8. The van der Waals surface area contributed by atoms with Crippen LogP contribution < -0.4 is 0 Å². The molecule has 0 fully saturated rings.